The van der Waals surface area contributed by atoms with Crippen molar-refractivity contribution in [3.05, 3.63) is 23.0 Å². The van der Waals surface area contributed by atoms with Crippen LogP contribution in [0.2, 0.25) is 0 Å². The maximum atomic E-state index is 4.73. The molecule has 3 atom stereocenters. The van der Waals surface area contributed by atoms with Crippen molar-refractivity contribution >= 4 is 5.69 Å². The molecule has 1 aliphatic rings. The Hall–Kier alpha value is -1.05. The van der Waals surface area contributed by atoms with Crippen molar-refractivity contribution in [3.8, 4) is 0 Å². The first-order valence-corrected chi connectivity index (χ1v) is 8.51. The molecule has 1 aromatic heterocycles. The third-order valence-corrected chi connectivity index (χ3v) is 5.47. The normalized spacial score (nSPS) is 26.2. The van der Waals surface area contributed by atoms with Gasteiger partial charge in [0.1, 0.15) is 0 Å². The monoisotopic (exact) mass is 288 g/mol. The van der Waals surface area contributed by atoms with Gasteiger partial charge in [-0.1, -0.05) is 34.6 Å². The molecular formula is C19H32N2. The van der Waals surface area contributed by atoms with Crippen molar-refractivity contribution in [3.63, 3.8) is 0 Å². The summed E-state index contributed by atoms with van der Waals surface area (Å²) in [6.45, 7) is 19.7. The number of hydrogen-bond donors (Lipinski definition) is 0. The lowest BCUT2D eigenvalue weighted by molar-refractivity contribution is 0.346. The number of rotatable bonds is 2. The van der Waals surface area contributed by atoms with Gasteiger partial charge in [-0.2, -0.15) is 0 Å². The highest BCUT2D eigenvalue weighted by atomic mass is 15.2. The van der Waals surface area contributed by atoms with Gasteiger partial charge in [0.15, 0.2) is 0 Å². The third kappa shape index (κ3) is 2.82. The van der Waals surface area contributed by atoms with Crippen LogP contribution in [0.3, 0.4) is 0 Å². The maximum absolute atomic E-state index is 4.73. The summed E-state index contributed by atoms with van der Waals surface area (Å²) in [6, 6.07) is 0.531. The summed E-state index contributed by atoms with van der Waals surface area (Å²) in [6.07, 6.45) is 2.11. The average molecular weight is 288 g/mol. The lowest BCUT2D eigenvalue weighted by atomic mass is 9.80. The maximum Gasteiger partial charge on any atom is 0.0472 e. The highest BCUT2D eigenvalue weighted by Crippen LogP contribution is 2.44. The summed E-state index contributed by atoms with van der Waals surface area (Å²) in [5, 5.41) is 0. The fourth-order valence-corrected chi connectivity index (χ4v) is 3.70. The highest BCUT2D eigenvalue weighted by Gasteiger charge is 2.34. The van der Waals surface area contributed by atoms with E-state index in [0.29, 0.717) is 29.7 Å². The van der Waals surface area contributed by atoms with Crippen LogP contribution < -0.4 is 4.90 Å². The van der Waals surface area contributed by atoms with Gasteiger partial charge in [0.2, 0.25) is 0 Å². The van der Waals surface area contributed by atoms with Gasteiger partial charge >= 0.3 is 0 Å². The van der Waals surface area contributed by atoms with E-state index in [1.165, 1.54) is 22.5 Å². The van der Waals surface area contributed by atoms with Gasteiger partial charge in [-0.05, 0) is 50.0 Å². The summed E-state index contributed by atoms with van der Waals surface area (Å²) < 4.78 is 0. The first-order valence-electron chi connectivity index (χ1n) is 8.51. The van der Waals surface area contributed by atoms with Crippen molar-refractivity contribution in [2.75, 3.05) is 11.4 Å². The van der Waals surface area contributed by atoms with Gasteiger partial charge in [-0.15, -0.1) is 0 Å². The molecule has 0 spiro atoms. The molecule has 21 heavy (non-hydrogen) atoms. The average Bonchev–Trinajstić information content (AvgIpc) is 2.50. The number of pyridine rings is 1. The number of hydrogen-bond acceptors (Lipinski definition) is 2. The van der Waals surface area contributed by atoms with Crippen LogP contribution in [-0.4, -0.2) is 17.6 Å². The molecule has 0 aromatic carbocycles. The Morgan fingerprint density at radius 1 is 1.14 bits per heavy atom. The van der Waals surface area contributed by atoms with E-state index < -0.39 is 0 Å². The van der Waals surface area contributed by atoms with E-state index in [0.717, 1.165) is 6.54 Å². The van der Waals surface area contributed by atoms with Gasteiger partial charge in [0, 0.05) is 35.7 Å². The summed E-state index contributed by atoms with van der Waals surface area (Å²) in [7, 11) is 0. The van der Waals surface area contributed by atoms with Crippen LogP contribution in [0.1, 0.15) is 77.1 Å². The minimum Gasteiger partial charge on any atom is -0.368 e. The molecule has 0 saturated carbocycles. The first-order chi connectivity index (χ1) is 9.75. The summed E-state index contributed by atoms with van der Waals surface area (Å²) in [5.41, 5.74) is 5.61. The van der Waals surface area contributed by atoms with Gasteiger partial charge in [0.25, 0.3) is 0 Å². The molecule has 1 aliphatic heterocycles. The Bertz CT molecular complexity index is 505. The lowest BCUT2D eigenvalue weighted by Gasteiger charge is -2.34. The highest BCUT2D eigenvalue weighted by molar-refractivity contribution is 5.64. The molecular weight excluding hydrogens is 256 g/mol. The lowest BCUT2D eigenvalue weighted by Crippen LogP contribution is -2.36. The predicted octanol–water partition coefficient (Wildman–Crippen LogP) is 5.12. The summed E-state index contributed by atoms with van der Waals surface area (Å²) in [5.74, 6) is 2.48. The molecule has 0 unspecified atom stereocenters. The van der Waals surface area contributed by atoms with Gasteiger partial charge < -0.3 is 4.90 Å². The van der Waals surface area contributed by atoms with Gasteiger partial charge in [-0.25, -0.2) is 0 Å². The van der Waals surface area contributed by atoms with Crippen LogP contribution in [0, 0.1) is 18.8 Å². The van der Waals surface area contributed by atoms with E-state index in [2.05, 4.69) is 66.5 Å². The van der Waals surface area contributed by atoms with E-state index in [9.17, 15) is 0 Å². The second-order valence-corrected chi connectivity index (χ2v) is 7.59. The number of fused-ring (bicyclic) bond motifs is 1. The number of anilines is 1. The first kappa shape index (κ1) is 16.3. The number of nitrogens with zero attached hydrogens (tertiary/aromatic N) is 2. The molecule has 2 nitrogen and oxygen atoms in total. The SMILES string of the molecule is Cc1ncc(C(C)C)c2c1[C@@H](C)[C@@H](C)[C@@H](C)CN2C(C)C. The minimum atomic E-state index is 0.518. The number of aromatic nitrogens is 1. The molecule has 118 valence electrons. The zero-order chi connectivity index (χ0) is 15.9. The second kappa shape index (κ2) is 5.98. The van der Waals surface area contributed by atoms with E-state index >= 15 is 0 Å². The Kier molecular flexibility index (Phi) is 4.65. The Balaban J connectivity index is 2.74. The largest absolute Gasteiger partial charge is 0.368 e. The van der Waals surface area contributed by atoms with Crippen LogP contribution >= 0.6 is 0 Å². The molecule has 0 fully saturated rings. The molecule has 0 amide bonds. The Morgan fingerprint density at radius 3 is 2.29 bits per heavy atom. The van der Waals surface area contributed by atoms with Crippen molar-refractivity contribution in [1.82, 2.24) is 4.98 Å². The van der Waals surface area contributed by atoms with Crippen molar-refractivity contribution in [2.24, 2.45) is 11.8 Å². The molecule has 1 aromatic rings. The zero-order valence-corrected chi connectivity index (χ0v) is 15.1. The van der Waals surface area contributed by atoms with Gasteiger partial charge in [0.05, 0.1) is 0 Å². The molecule has 0 aliphatic carbocycles. The van der Waals surface area contributed by atoms with Crippen molar-refractivity contribution < 1.29 is 0 Å². The molecule has 0 bridgehead atoms. The third-order valence-electron chi connectivity index (χ3n) is 5.47. The standard InChI is InChI=1S/C19H32N2/c1-11(2)17-9-20-16(8)18-15(7)14(6)13(5)10-21(12(3)4)19(17)18/h9,11-15H,10H2,1-8H3/t13-,14-,15-/m0/s1. The van der Waals surface area contributed by atoms with E-state index in [1.54, 1.807) is 0 Å². The molecule has 2 rings (SSSR count). The predicted molar refractivity (Wildman–Crippen MR) is 92.3 cm³/mol. The Labute approximate surface area is 131 Å². The zero-order valence-electron chi connectivity index (χ0n) is 15.1. The topological polar surface area (TPSA) is 16.1 Å². The van der Waals surface area contributed by atoms with Crippen molar-refractivity contribution in [2.45, 2.75) is 73.3 Å². The molecule has 0 saturated heterocycles. The van der Waals surface area contributed by atoms with Crippen molar-refractivity contribution in [1.29, 1.82) is 0 Å². The van der Waals surface area contributed by atoms with Crippen LogP contribution in [-0.2, 0) is 0 Å². The quantitative estimate of drug-likeness (QED) is 0.751. The smallest absolute Gasteiger partial charge is 0.0472 e. The molecule has 2 heterocycles. The molecule has 0 N–H and O–H groups in total. The summed E-state index contributed by atoms with van der Waals surface area (Å²) in [4.78, 5) is 7.36. The van der Waals surface area contributed by atoms with Gasteiger partial charge in [-0.3, -0.25) is 4.98 Å². The van der Waals surface area contributed by atoms with Crippen LogP contribution in [0.5, 0.6) is 0 Å². The minimum absolute atomic E-state index is 0.518. The molecule has 0 radical (unpaired) electrons. The second-order valence-electron chi connectivity index (χ2n) is 7.59. The van der Waals surface area contributed by atoms with Crippen LogP contribution in [0.15, 0.2) is 6.20 Å². The summed E-state index contributed by atoms with van der Waals surface area (Å²) >= 11 is 0. The fourth-order valence-electron chi connectivity index (χ4n) is 3.70. The molecule has 2 heteroatoms. The van der Waals surface area contributed by atoms with E-state index in [1.807, 2.05) is 0 Å². The van der Waals surface area contributed by atoms with E-state index in [-0.39, 0.29) is 0 Å². The van der Waals surface area contributed by atoms with E-state index in [4.69, 9.17) is 4.98 Å². The van der Waals surface area contributed by atoms with Crippen LogP contribution in [0.4, 0.5) is 5.69 Å². The van der Waals surface area contributed by atoms with Crippen LogP contribution in [0.25, 0.3) is 0 Å². The fraction of sp³-hybridized carbons (Fsp3) is 0.737. The Morgan fingerprint density at radius 2 is 1.76 bits per heavy atom. The number of aryl methyl sites for hydroxylation is 1.